The van der Waals surface area contributed by atoms with Gasteiger partial charge in [0.1, 0.15) is 5.69 Å². The van der Waals surface area contributed by atoms with Crippen molar-refractivity contribution in [2.45, 2.75) is 50.3 Å². The largest absolute Gasteiger partial charge is 0.416 e. The quantitative estimate of drug-likeness (QED) is 0.292. The fourth-order valence-corrected chi connectivity index (χ4v) is 4.90. The standard InChI is InChI=1S/C26H24F5N3O/c1-24(10-11-35-20(14-24)19-13-21(34-33-19)25(2,27)28)23-22(17-8-3-4-9-18(17)32-23)15-6-5-7-16(12-15)26(29,30)31/h3-9,12-13,20,32H,10-11,14H2,1-2H3,(H,33,34). The molecule has 0 saturated carbocycles. The van der Waals surface area contributed by atoms with Gasteiger partial charge in [-0.25, -0.2) is 0 Å². The van der Waals surface area contributed by atoms with Gasteiger partial charge in [0.25, 0.3) is 5.92 Å². The van der Waals surface area contributed by atoms with E-state index in [0.29, 0.717) is 36.3 Å². The molecule has 0 bridgehead atoms. The summed E-state index contributed by atoms with van der Waals surface area (Å²) in [6.45, 7) is 3.16. The second kappa shape index (κ2) is 8.19. The van der Waals surface area contributed by atoms with Crippen LogP contribution in [0.3, 0.4) is 0 Å². The van der Waals surface area contributed by atoms with Crippen LogP contribution in [0.2, 0.25) is 0 Å². The lowest BCUT2D eigenvalue weighted by molar-refractivity contribution is -0.137. The third-order valence-corrected chi connectivity index (χ3v) is 6.79. The van der Waals surface area contributed by atoms with Gasteiger partial charge in [-0.3, -0.25) is 5.10 Å². The molecule has 1 aliphatic heterocycles. The number of hydrogen-bond acceptors (Lipinski definition) is 2. The van der Waals surface area contributed by atoms with Crippen LogP contribution in [0.4, 0.5) is 22.0 Å². The predicted molar refractivity (Wildman–Crippen MR) is 122 cm³/mol. The number of benzene rings is 2. The number of halogens is 5. The van der Waals surface area contributed by atoms with Gasteiger partial charge in [-0.1, -0.05) is 37.3 Å². The van der Waals surface area contributed by atoms with Crippen molar-refractivity contribution >= 4 is 10.9 Å². The molecule has 2 atom stereocenters. The smallest absolute Gasteiger partial charge is 0.372 e. The third kappa shape index (κ3) is 4.33. The second-order valence-electron chi connectivity index (χ2n) is 9.47. The van der Waals surface area contributed by atoms with Crippen molar-refractivity contribution in [3.8, 4) is 11.1 Å². The molecule has 0 amide bonds. The first-order valence-electron chi connectivity index (χ1n) is 11.3. The highest BCUT2D eigenvalue weighted by Gasteiger charge is 2.40. The molecular formula is C26H24F5N3O. The summed E-state index contributed by atoms with van der Waals surface area (Å²) in [4.78, 5) is 3.45. The molecule has 35 heavy (non-hydrogen) atoms. The van der Waals surface area contributed by atoms with E-state index in [4.69, 9.17) is 4.74 Å². The number of nitrogens with one attached hydrogen (secondary N) is 2. The zero-order valence-corrected chi connectivity index (χ0v) is 19.1. The Bertz CT molecular complexity index is 1370. The number of ether oxygens (including phenoxy) is 1. The summed E-state index contributed by atoms with van der Waals surface area (Å²) in [6.07, 6.45) is -3.94. The van der Waals surface area contributed by atoms with Gasteiger partial charge >= 0.3 is 6.18 Å². The molecule has 5 rings (SSSR count). The third-order valence-electron chi connectivity index (χ3n) is 6.79. The molecule has 1 aliphatic rings. The normalized spacial score (nSPS) is 21.5. The van der Waals surface area contributed by atoms with Crippen LogP contribution in [-0.4, -0.2) is 21.8 Å². The summed E-state index contributed by atoms with van der Waals surface area (Å²) in [5.41, 5.74) is 1.63. The number of fused-ring (bicyclic) bond motifs is 1. The molecule has 2 aromatic carbocycles. The van der Waals surface area contributed by atoms with Crippen molar-refractivity contribution in [2.24, 2.45) is 0 Å². The van der Waals surface area contributed by atoms with Crippen LogP contribution in [0.1, 0.15) is 55.4 Å². The van der Waals surface area contributed by atoms with Crippen molar-refractivity contribution in [3.63, 3.8) is 0 Å². The molecule has 0 aliphatic carbocycles. The maximum absolute atomic E-state index is 13.7. The molecule has 184 valence electrons. The molecule has 0 spiro atoms. The first-order chi connectivity index (χ1) is 16.5. The Morgan fingerprint density at radius 2 is 1.80 bits per heavy atom. The lowest BCUT2D eigenvalue weighted by Gasteiger charge is -2.38. The topological polar surface area (TPSA) is 53.7 Å². The second-order valence-corrected chi connectivity index (χ2v) is 9.47. The van der Waals surface area contributed by atoms with Gasteiger partial charge in [-0.05, 0) is 42.7 Å². The molecule has 0 radical (unpaired) electrons. The average Bonchev–Trinajstić information content (AvgIpc) is 3.45. The van der Waals surface area contributed by atoms with Gasteiger partial charge < -0.3 is 9.72 Å². The number of nitrogens with zero attached hydrogens (tertiary/aromatic N) is 1. The molecule has 9 heteroatoms. The van der Waals surface area contributed by atoms with Gasteiger partial charge in [-0.2, -0.15) is 27.1 Å². The Kier molecular flexibility index (Phi) is 5.51. The van der Waals surface area contributed by atoms with Gasteiger partial charge in [0.2, 0.25) is 0 Å². The van der Waals surface area contributed by atoms with E-state index in [1.165, 1.54) is 18.2 Å². The molecule has 1 fully saturated rings. The van der Waals surface area contributed by atoms with Crippen molar-refractivity contribution < 1.29 is 26.7 Å². The monoisotopic (exact) mass is 489 g/mol. The van der Waals surface area contributed by atoms with Gasteiger partial charge in [-0.15, -0.1) is 0 Å². The van der Waals surface area contributed by atoms with Crippen molar-refractivity contribution in [2.75, 3.05) is 6.61 Å². The molecule has 2 unspecified atom stereocenters. The zero-order chi connectivity index (χ0) is 25.0. The summed E-state index contributed by atoms with van der Waals surface area (Å²) in [5, 5.41) is 7.24. The van der Waals surface area contributed by atoms with Crippen molar-refractivity contribution in [3.05, 3.63) is 77.2 Å². The van der Waals surface area contributed by atoms with Crippen LogP contribution in [0.15, 0.2) is 54.6 Å². The highest BCUT2D eigenvalue weighted by Crippen LogP contribution is 2.48. The molecule has 2 aromatic heterocycles. The van der Waals surface area contributed by atoms with E-state index in [0.717, 1.165) is 29.6 Å². The molecule has 4 nitrogen and oxygen atoms in total. The average molecular weight is 489 g/mol. The van der Waals surface area contributed by atoms with Gasteiger partial charge in [0.05, 0.1) is 17.4 Å². The number of alkyl halides is 5. The van der Waals surface area contributed by atoms with Crippen LogP contribution in [-0.2, 0) is 22.3 Å². The minimum Gasteiger partial charge on any atom is -0.372 e. The summed E-state index contributed by atoms with van der Waals surface area (Å²) in [6, 6.07) is 14.1. The number of aromatic nitrogens is 3. The zero-order valence-electron chi connectivity index (χ0n) is 19.1. The maximum Gasteiger partial charge on any atom is 0.416 e. The Morgan fingerprint density at radius 1 is 1.03 bits per heavy atom. The van der Waals surface area contributed by atoms with Crippen molar-refractivity contribution in [1.29, 1.82) is 0 Å². The molecule has 2 N–H and O–H groups in total. The Morgan fingerprint density at radius 3 is 2.51 bits per heavy atom. The summed E-state index contributed by atoms with van der Waals surface area (Å²) >= 11 is 0. The fourth-order valence-electron chi connectivity index (χ4n) is 4.90. The molecule has 1 saturated heterocycles. The van der Waals surface area contributed by atoms with Crippen LogP contribution in [0.5, 0.6) is 0 Å². The predicted octanol–water partition coefficient (Wildman–Crippen LogP) is 7.50. The van der Waals surface area contributed by atoms with Crippen LogP contribution in [0.25, 0.3) is 22.0 Å². The number of hydrogen-bond donors (Lipinski definition) is 2. The lowest BCUT2D eigenvalue weighted by Crippen LogP contribution is -2.33. The van der Waals surface area contributed by atoms with Gasteiger partial charge in [0, 0.05) is 41.1 Å². The lowest BCUT2D eigenvalue weighted by atomic mass is 9.74. The van der Waals surface area contributed by atoms with E-state index in [9.17, 15) is 22.0 Å². The summed E-state index contributed by atoms with van der Waals surface area (Å²) in [7, 11) is 0. The first-order valence-corrected chi connectivity index (χ1v) is 11.3. The van der Waals surface area contributed by atoms with E-state index in [1.807, 2.05) is 31.2 Å². The maximum atomic E-state index is 13.7. The fraction of sp³-hybridized carbons (Fsp3) is 0.346. The Hall–Kier alpha value is -3.20. The molecule has 4 aromatic rings. The van der Waals surface area contributed by atoms with Crippen LogP contribution in [0, 0.1) is 0 Å². The summed E-state index contributed by atoms with van der Waals surface area (Å²) < 4.78 is 73.8. The molecule has 3 heterocycles. The van der Waals surface area contributed by atoms with E-state index in [1.54, 1.807) is 6.07 Å². The number of rotatable bonds is 4. The number of aromatic amines is 2. The minimum absolute atomic E-state index is 0.357. The molecular weight excluding hydrogens is 465 g/mol. The Labute approximate surface area is 198 Å². The summed E-state index contributed by atoms with van der Waals surface area (Å²) in [5.74, 6) is -3.08. The van der Waals surface area contributed by atoms with Crippen LogP contribution >= 0.6 is 0 Å². The minimum atomic E-state index is -4.46. The van der Waals surface area contributed by atoms with E-state index in [-0.39, 0.29) is 5.69 Å². The SMILES string of the molecule is CC(F)(F)c1cc(C2CC(C)(c3[nH]c4ccccc4c3-c3cccc(C(F)(F)F)c3)CCO2)[nH]n1. The van der Waals surface area contributed by atoms with E-state index < -0.39 is 29.2 Å². The van der Waals surface area contributed by atoms with Crippen molar-refractivity contribution in [1.82, 2.24) is 15.2 Å². The van der Waals surface area contributed by atoms with E-state index >= 15 is 0 Å². The Balaban J connectivity index is 1.60. The highest BCUT2D eigenvalue weighted by atomic mass is 19.4. The number of H-pyrrole nitrogens is 2. The van der Waals surface area contributed by atoms with E-state index in [2.05, 4.69) is 15.2 Å². The van der Waals surface area contributed by atoms with Gasteiger partial charge in [0.15, 0.2) is 0 Å². The van der Waals surface area contributed by atoms with Crippen LogP contribution < -0.4 is 0 Å². The number of para-hydroxylation sites is 1. The highest BCUT2D eigenvalue weighted by molar-refractivity contribution is 5.98. The first kappa shape index (κ1) is 23.5.